The van der Waals surface area contributed by atoms with Gasteiger partial charge in [-0.25, -0.2) is 0 Å². The highest BCUT2D eigenvalue weighted by atomic mass is 16.5. The number of ether oxygens (including phenoxy) is 1. The van der Waals surface area contributed by atoms with Gasteiger partial charge >= 0.3 is 5.97 Å². The molecule has 0 bridgehead atoms. The first-order chi connectivity index (χ1) is 8.04. The van der Waals surface area contributed by atoms with E-state index in [1.807, 2.05) is 19.1 Å². The van der Waals surface area contributed by atoms with Crippen LogP contribution in [0.5, 0.6) is 0 Å². The lowest BCUT2D eigenvalue weighted by Gasteiger charge is -2.21. The first-order valence-corrected chi connectivity index (χ1v) is 5.91. The van der Waals surface area contributed by atoms with E-state index in [9.17, 15) is 4.79 Å². The van der Waals surface area contributed by atoms with E-state index < -0.39 is 0 Å². The van der Waals surface area contributed by atoms with Gasteiger partial charge in [-0.05, 0) is 31.4 Å². The molecule has 0 fully saturated rings. The number of carbonyl (C=O) groups excluding carboxylic acids is 1. The Morgan fingerprint density at radius 2 is 2.18 bits per heavy atom. The van der Waals surface area contributed by atoms with Crippen LogP contribution < -0.4 is 5.32 Å². The zero-order valence-corrected chi connectivity index (χ0v) is 10.9. The van der Waals surface area contributed by atoms with Crippen LogP contribution >= 0.6 is 0 Å². The minimum atomic E-state index is -0.292. The predicted octanol–water partition coefficient (Wildman–Crippen LogP) is 2.52. The van der Waals surface area contributed by atoms with Gasteiger partial charge in [0.05, 0.1) is 19.4 Å². The number of furan rings is 1. The van der Waals surface area contributed by atoms with E-state index in [1.54, 1.807) is 6.26 Å². The number of rotatable bonds is 6. The molecule has 1 N–H and O–H groups in total. The topological polar surface area (TPSA) is 51.5 Å². The van der Waals surface area contributed by atoms with E-state index >= 15 is 0 Å². The van der Waals surface area contributed by atoms with E-state index in [1.165, 1.54) is 7.11 Å². The summed E-state index contributed by atoms with van der Waals surface area (Å²) in [5, 5.41) is 3.23. The van der Waals surface area contributed by atoms with Gasteiger partial charge in [-0.15, -0.1) is 0 Å². The maximum absolute atomic E-state index is 11.6. The van der Waals surface area contributed by atoms with Crippen LogP contribution in [-0.4, -0.2) is 19.1 Å². The highest BCUT2D eigenvalue weighted by molar-refractivity contribution is 5.75. The first-order valence-electron chi connectivity index (χ1n) is 5.91. The highest BCUT2D eigenvalue weighted by Gasteiger charge is 2.23. The van der Waals surface area contributed by atoms with Crippen LogP contribution in [0.1, 0.15) is 39.0 Å². The highest BCUT2D eigenvalue weighted by Crippen LogP contribution is 2.16. The number of nitrogens with one attached hydrogen (secondary N) is 1. The largest absolute Gasteiger partial charge is 0.468 e. The lowest BCUT2D eigenvalue weighted by molar-refractivity contribution is -0.143. The Morgan fingerprint density at radius 1 is 1.47 bits per heavy atom. The van der Waals surface area contributed by atoms with Crippen LogP contribution in [0.4, 0.5) is 0 Å². The van der Waals surface area contributed by atoms with Gasteiger partial charge < -0.3 is 9.15 Å². The fourth-order valence-electron chi connectivity index (χ4n) is 1.77. The van der Waals surface area contributed by atoms with Crippen molar-refractivity contribution in [1.82, 2.24) is 5.32 Å². The normalized spacial score (nSPS) is 14.6. The summed E-state index contributed by atoms with van der Waals surface area (Å²) in [6.45, 7) is 6.12. The third kappa shape index (κ3) is 4.23. The molecular weight excluding hydrogens is 218 g/mol. The molecule has 1 heterocycles. The summed E-state index contributed by atoms with van der Waals surface area (Å²) in [6, 6.07) is 3.43. The summed E-state index contributed by atoms with van der Waals surface area (Å²) in [6.07, 6.45) is 2.38. The van der Waals surface area contributed by atoms with Gasteiger partial charge in [-0.1, -0.05) is 13.8 Å². The van der Waals surface area contributed by atoms with E-state index in [2.05, 4.69) is 19.2 Å². The Morgan fingerprint density at radius 3 is 2.65 bits per heavy atom. The molecule has 1 aromatic heterocycles. The number of hydrogen-bond donors (Lipinski definition) is 1. The molecule has 1 aromatic rings. The van der Waals surface area contributed by atoms with Gasteiger partial charge in [-0.3, -0.25) is 10.1 Å². The molecule has 0 saturated heterocycles. The molecule has 0 aliphatic heterocycles. The molecule has 4 nitrogen and oxygen atoms in total. The third-order valence-electron chi connectivity index (χ3n) is 2.61. The minimum absolute atomic E-state index is 0.00662. The molecule has 0 spiro atoms. The van der Waals surface area contributed by atoms with Crippen molar-refractivity contribution in [3.8, 4) is 0 Å². The van der Waals surface area contributed by atoms with Crippen LogP contribution in [0, 0.1) is 5.92 Å². The molecular formula is C13H21NO3. The van der Waals surface area contributed by atoms with Crippen LogP contribution in [0.15, 0.2) is 22.8 Å². The Kier molecular flexibility index (Phi) is 5.22. The smallest absolute Gasteiger partial charge is 0.322 e. The van der Waals surface area contributed by atoms with Crippen molar-refractivity contribution in [2.24, 2.45) is 5.92 Å². The SMILES string of the molecule is COC(=O)C(CC(C)C)NC(C)c1ccco1. The summed E-state index contributed by atoms with van der Waals surface area (Å²) in [7, 11) is 1.41. The van der Waals surface area contributed by atoms with Crippen molar-refractivity contribution in [3.63, 3.8) is 0 Å². The van der Waals surface area contributed by atoms with E-state index in [-0.39, 0.29) is 18.1 Å². The standard InChI is InChI=1S/C13H21NO3/c1-9(2)8-11(13(15)16-4)14-10(3)12-6-5-7-17-12/h5-7,9-11,14H,8H2,1-4H3. The molecule has 0 aliphatic carbocycles. The second-order valence-electron chi connectivity index (χ2n) is 4.61. The number of esters is 1. The van der Waals surface area contributed by atoms with Crippen LogP contribution in [0.25, 0.3) is 0 Å². The molecule has 0 saturated carbocycles. The van der Waals surface area contributed by atoms with Crippen molar-refractivity contribution in [2.75, 3.05) is 7.11 Å². The Hall–Kier alpha value is -1.29. The van der Waals surface area contributed by atoms with Crippen LogP contribution in [-0.2, 0) is 9.53 Å². The number of hydrogen-bond acceptors (Lipinski definition) is 4. The van der Waals surface area contributed by atoms with Gasteiger partial charge in [0.15, 0.2) is 0 Å². The fourth-order valence-corrected chi connectivity index (χ4v) is 1.77. The number of carbonyl (C=O) groups is 1. The zero-order chi connectivity index (χ0) is 12.8. The van der Waals surface area contributed by atoms with Crippen molar-refractivity contribution < 1.29 is 13.9 Å². The summed E-state index contributed by atoms with van der Waals surface area (Å²) in [5.74, 6) is 1.02. The quantitative estimate of drug-likeness (QED) is 0.775. The van der Waals surface area contributed by atoms with E-state index in [0.29, 0.717) is 5.92 Å². The molecule has 0 aromatic carbocycles. The van der Waals surface area contributed by atoms with Crippen molar-refractivity contribution >= 4 is 5.97 Å². The molecule has 4 heteroatoms. The molecule has 96 valence electrons. The molecule has 17 heavy (non-hydrogen) atoms. The predicted molar refractivity (Wildman–Crippen MR) is 65.5 cm³/mol. The average Bonchev–Trinajstić information content (AvgIpc) is 2.79. The average molecular weight is 239 g/mol. The Labute approximate surface area is 102 Å². The molecule has 2 unspecified atom stereocenters. The molecule has 0 amide bonds. The van der Waals surface area contributed by atoms with E-state index in [4.69, 9.17) is 9.15 Å². The molecule has 2 atom stereocenters. The van der Waals surface area contributed by atoms with Gasteiger partial charge in [0, 0.05) is 0 Å². The second-order valence-corrected chi connectivity index (χ2v) is 4.61. The maximum Gasteiger partial charge on any atom is 0.322 e. The van der Waals surface area contributed by atoms with Crippen molar-refractivity contribution in [2.45, 2.75) is 39.3 Å². The van der Waals surface area contributed by atoms with Crippen molar-refractivity contribution in [3.05, 3.63) is 24.2 Å². The lowest BCUT2D eigenvalue weighted by Crippen LogP contribution is -2.40. The molecule has 1 rings (SSSR count). The van der Waals surface area contributed by atoms with Gasteiger partial charge in [0.2, 0.25) is 0 Å². The van der Waals surface area contributed by atoms with E-state index in [0.717, 1.165) is 12.2 Å². The summed E-state index contributed by atoms with van der Waals surface area (Å²) < 4.78 is 10.1. The zero-order valence-electron chi connectivity index (χ0n) is 10.9. The second kappa shape index (κ2) is 6.45. The van der Waals surface area contributed by atoms with Crippen molar-refractivity contribution in [1.29, 1.82) is 0 Å². The van der Waals surface area contributed by atoms with Crippen LogP contribution in [0.2, 0.25) is 0 Å². The van der Waals surface area contributed by atoms with Gasteiger partial charge in [0.25, 0.3) is 0 Å². The van der Waals surface area contributed by atoms with Gasteiger partial charge in [-0.2, -0.15) is 0 Å². The maximum atomic E-state index is 11.6. The Balaban J connectivity index is 2.62. The summed E-state index contributed by atoms with van der Waals surface area (Å²) in [5.41, 5.74) is 0. The number of methoxy groups -OCH3 is 1. The minimum Gasteiger partial charge on any atom is -0.468 e. The summed E-state index contributed by atoms with van der Waals surface area (Å²) >= 11 is 0. The fraction of sp³-hybridized carbons (Fsp3) is 0.615. The molecule has 0 radical (unpaired) electrons. The monoisotopic (exact) mass is 239 g/mol. The van der Waals surface area contributed by atoms with Gasteiger partial charge in [0.1, 0.15) is 11.8 Å². The Bertz CT molecular complexity index is 332. The first kappa shape index (κ1) is 13.8. The van der Waals surface area contributed by atoms with Crippen LogP contribution in [0.3, 0.4) is 0 Å². The lowest BCUT2D eigenvalue weighted by atomic mass is 10.0. The third-order valence-corrected chi connectivity index (χ3v) is 2.61. The molecule has 0 aliphatic rings. The summed E-state index contributed by atoms with van der Waals surface area (Å²) in [4.78, 5) is 11.6.